The Morgan fingerprint density at radius 1 is 1.00 bits per heavy atom. The normalized spacial score (nSPS) is 14.2. The van der Waals surface area contributed by atoms with E-state index in [1.165, 1.54) is 23.3 Å². The van der Waals surface area contributed by atoms with Crippen LogP contribution in [0.2, 0.25) is 0 Å². The molecule has 0 bridgehead atoms. The third-order valence-corrected chi connectivity index (χ3v) is 6.20. The zero-order valence-electron chi connectivity index (χ0n) is 19.4. The highest BCUT2D eigenvalue weighted by Gasteiger charge is 2.19. The van der Waals surface area contributed by atoms with Crippen LogP contribution in [0.25, 0.3) is 0 Å². The standard InChI is InChI=1S/C26H32FN5O/c1-19(2)22-7-3-21(4-8-22)18-31-14-12-25-30-29-24(32(25)16-15-31)11-13-28-26(33)17-20-5-9-23(27)10-6-20/h3-10,19H,11-18H2,1-2H3,(H,28,33). The lowest BCUT2D eigenvalue weighted by molar-refractivity contribution is -0.120. The van der Waals surface area contributed by atoms with Crippen LogP contribution in [-0.2, 0) is 37.1 Å². The molecule has 0 radical (unpaired) electrons. The first-order chi connectivity index (χ1) is 16.0. The summed E-state index contributed by atoms with van der Waals surface area (Å²) in [5.41, 5.74) is 3.50. The number of halogens is 1. The van der Waals surface area contributed by atoms with Gasteiger partial charge in [-0.1, -0.05) is 50.2 Å². The molecule has 33 heavy (non-hydrogen) atoms. The Hall–Kier alpha value is -3.06. The number of amides is 1. The molecule has 3 aromatic rings. The van der Waals surface area contributed by atoms with Crippen molar-refractivity contribution in [3.05, 3.63) is 82.7 Å². The van der Waals surface area contributed by atoms with Gasteiger partial charge in [0.1, 0.15) is 17.5 Å². The third kappa shape index (κ3) is 6.26. The van der Waals surface area contributed by atoms with E-state index in [9.17, 15) is 9.18 Å². The molecule has 0 spiro atoms. The maximum atomic E-state index is 13.0. The van der Waals surface area contributed by atoms with E-state index < -0.39 is 0 Å². The molecule has 1 aliphatic rings. The van der Waals surface area contributed by atoms with Crippen LogP contribution in [0.4, 0.5) is 4.39 Å². The van der Waals surface area contributed by atoms with Crippen molar-refractivity contribution in [2.75, 3.05) is 19.6 Å². The van der Waals surface area contributed by atoms with Gasteiger partial charge in [0.15, 0.2) is 0 Å². The lowest BCUT2D eigenvalue weighted by Gasteiger charge is -2.20. The first kappa shape index (κ1) is 23.1. The van der Waals surface area contributed by atoms with E-state index in [1.54, 1.807) is 12.1 Å². The molecule has 0 aliphatic carbocycles. The second-order valence-electron chi connectivity index (χ2n) is 9.01. The van der Waals surface area contributed by atoms with Crippen molar-refractivity contribution >= 4 is 5.91 Å². The minimum atomic E-state index is -0.297. The molecular weight excluding hydrogens is 417 g/mol. The molecule has 2 heterocycles. The number of hydrogen-bond acceptors (Lipinski definition) is 4. The molecule has 1 N–H and O–H groups in total. The molecule has 1 aromatic heterocycles. The number of nitrogens with zero attached hydrogens (tertiary/aromatic N) is 4. The quantitative estimate of drug-likeness (QED) is 0.572. The van der Waals surface area contributed by atoms with Crippen molar-refractivity contribution < 1.29 is 9.18 Å². The van der Waals surface area contributed by atoms with E-state index in [1.807, 2.05) is 0 Å². The fraction of sp³-hybridized carbons (Fsp3) is 0.423. The number of carbonyl (C=O) groups is 1. The average molecular weight is 450 g/mol. The number of fused-ring (bicyclic) bond motifs is 1. The summed E-state index contributed by atoms with van der Waals surface area (Å²) in [6.45, 7) is 8.63. The van der Waals surface area contributed by atoms with Crippen molar-refractivity contribution in [2.24, 2.45) is 0 Å². The first-order valence-corrected chi connectivity index (χ1v) is 11.7. The van der Waals surface area contributed by atoms with Crippen LogP contribution < -0.4 is 5.32 Å². The van der Waals surface area contributed by atoms with Crippen molar-refractivity contribution in [2.45, 2.75) is 52.1 Å². The minimum Gasteiger partial charge on any atom is -0.355 e. The van der Waals surface area contributed by atoms with E-state index in [-0.39, 0.29) is 18.1 Å². The van der Waals surface area contributed by atoms with Crippen LogP contribution in [0.3, 0.4) is 0 Å². The van der Waals surface area contributed by atoms with E-state index in [0.29, 0.717) is 18.9 Å². The van der Waals surface area contributed by atoms with Crippen molar-refractivity contribution in [1.82, 2.24) is 25.0 Å². The summed E-state index contributed by atoms with van der Waals surface area (Å²) in [5.74, 6) is 2.10. The van der Waals surface area contributed by atoms with Gasteiger partial charge in [-0.3, -0.25) is 9.69 Å². The van der Waals surface area contributed by atoms with Crippen LogP contribution in [0.5, 0.6) is 0 Å². The van der Waals surface area contributed by atoms with E-state index in [2.05, 4.69) is 63.1 Å². The Labute approximate surface area is 194 Å². The molecule has 1 amide bonds. The van der Waals surface area contributed by atoms with E-state index in [0.717, 1.165) is 49.8 Å². The van der Waals surface area contributed by atoms with Crippen LogP contribution in [-0.4, -0.2) is 45.2 Å². The predicted molar refractivity (Wildman–Crippen MR) is 126 cm³/mol. The highest BCUT2D eigenvalue weighted by Crippen LogP contribution is 2.17. The lowest BCUT2D eigenvalue weighted by Crippen LogP contribution is -2.28. The summed E-state index contributed by atoms with van der Waals surface area (Å²) in [6, 6.07) is 15.0. The number of benzene rings is 2. The summed E-state index contributed by atoms with van der Waals surface area (Å²) in [7, 11) is 0. The zero-order valence-corrected chi connectivity index (χ0v) is 19.4. The van der Waals surface area contributed by atoms with Gasteiger partial charge >= 0.3 is 0 Å². The van der Waals surface area contributed by atoms with Crippen LogP contribution in [0.15, 0.2) is 48.5 Å². The number of hydrogen-bond donors (Lipinski definition) is 1. The molecule has 4 rings (SSSR count). The Kier molecular flexibility index (Phi) is 7.50. The molecule has 2 aromatic carbocycles. The van der Waals surface area contributed by atoms with Crippen LogP contribution in [0, 0.1) is 5.82 Å². The molecule has 7 heteroatoms. The third-order valence-electron chi connectivity index (χ3n) is 6.20. The smallest absolute Gasteiger partial charge is 0.224 e. The number of rotatable bonds is 8. The fourth-order valence-electron chi connectivity index (χ4n) is 4.20. The topological polar surface area (TPSA) is 63.1 Å². The monoisotopic (exact) mass is 449 g/mol. The average Bonchev–Trinajstić information content (AvgIpc) is 3.07. The Balaban J connectivity index is 1.26. The van der Waals surface area contributed by atoms with Gasteiger partial charge in [0.25, 0.3) is 0 Å². The first-order valence-electron chi connectivity index (χ1n) is 11.7. The van der Waals surface area contributed by atoms with Crippen LogP contribution in [0.1, 0.15) is 48.1 Å². The van der Waals surface area contributed by atoms with Crippen molar-refractivity contribution in [3.8, 4) is 0 Å². The minimum absolute atomic E-state index is 0.0770. The summed E-state index contributed by atoms with van der Waals surface area (Å²) >= 11 is 0. The number of aromatic nitrogens is 3. The van der Waals surface area contributed by atoms with Gasteiger partial charge in [-0.2, -0.15) is 0 Å². The highest BCUT2D eigenvalue weighted by molar-refractivity contribution is 5.78. The zero-order chi connectivity index (χ0) is 23.2. The Morgan fingerprint density at radius 2 is 1.73 bits per heavy atom. The maximum absolute atomic E-state index is 13.0. The fourth-order valence-corrected chi connectivity index (χ4v) is 4.20. The molecule has 0 fully saturated rings. The summed E-state index contributed by atoms with van der Waals surface area (Å²) in [6.07, 6.45) is 1.75. The van der Waals surface area contributed by atoms with Crippen LogP contribution >= 0.6 is 0 Å². The summed E-state index contributed by atoms with van der Waals surface area (Å²) in [5, 5.41) is 11.7. The Bertz CT molecular complexity index is 1060. The van der Waals surface area contributed by atoms with Gasteiger partial charge in [0.05, 0.1) is 6.42 Å². The largest absolute Gasteiger partial charge is 0.355 e. The van der Waals surface area contributed by atoms with Crippen molar-refractivity contribution in [3.63, 3.8) is 0 Å². The molecule has 174 valence electrons. The van der Waals surface area contributed by atoms with Crippen molar-refractivity contribution in [1.29, 1.82) is 0 Å². The molecule has 6 nitrogen and oxygen atoms in total. The molecule has 1 aliphatic heterocycles. The van der Waals surface area contributed by atoms with Gasteiger partial charge in [0, 0.05) is 45.6 Å². The number of carbonyl (C=O) groups excluding carboxylic acids is 1. The summed E-state index contributed by atoms with van der Waals surface area (Å²) in [4.78, 5) is 14.7. The molecule has 0 saturated carbocycles. The predicted octanol–water partition coefficient (Wildman–Crippen LogP) is 3.50. The molecular formula is C26H32FN5O. The molecule has 0 saturated heterocycles. The van der Waals surface area contributed by atoms with E-state index >= 15 is 0 Å². The maximum Gasteiger partial charge on any atom is 0.224 e. The Morgan fingerprint density at radius 3 is 2.45 bits per heavy atom. The van der Waals surface area contributed by atoms with Gasteiger partial charge in [0.2, 0.25) is 5.91 Å². The summed E-state index contributed by atoms with van der Waals surface area (Å²) < 4.78 is 15.2. The SMILES string of the molecule is CC(C)c1ccc(CN2CCc3nnc(CCNC(=O)Cc4ccc(F)cc4)n3CC2)cc1. The van der Waals surface area contributed by atoms with E-state index in [4.69, 9.17) is 0 Å². The van der Waals surface area contributed by atoms with Gasteiger partial charge in [-0.25, -0.2) is 4.39 Å². The van der Waals surface area contributed by atoms with Gasteiger partial charge in [-0.15, -0.1) is 10.2 Å². The number of nitrogens with one attached hydrogen (secondary N) is 1. The second-order valence-corrected chi connectivity index (χ2v) is 9.01. The van der Waals surface area contributed by atoms with Gasteiger partial charge < -0.3 is 9.88 Å². The van der Waals surface area contributed by atoms with Gasteiger partial charge in [-0.05, 0) is 34.7 Å². The molecule has 0 atom stereocenters. The lowest BCUT2D eigenvalue weighted by atomic mass is 10.0. The highest BCUT2D eigenvalue weighted by atomic mass is 19.1. The molecule has 0 unspecified atom stereocenters. The second kappa shape index (κ2) is 10.7.